The summed E-state index contributed by atoms with van der Waals surface area (Å²) >= 11 is 1.62. The molecule has 2 aromatic rings. The van der Waals surface area contributed by atoms with E-state index in [1.54, 1.807) is 17.4 Å². The minimum atomic E-state index is -0.0568. The summed E-state index contributed by atoms with van der Waals surface area (Å²) in [6.45, 7) is 4.22. The van der Waals surface area contributed by atoms with E-state index in [9.17, 15) is 4.79 Å². The maximum atomic E-state index is 11.1. The third-order valence-electron chi connectivity index (χ3n) is 2.54. The molecule has 0 spiro atoms. The Labute approximate surface area is 104 Å². The Hall–Kier alpha value is -1.62. The summed E-state index contributed by atoms with van der Waals surface area (Å²) in [4.78, 5) is 18.5. The molecule has 0 unspecified atom stereocenters. The Morgan fingerprint density at radius 1 is 1.53 bits per heavy atom. The summed E-state index contributed by atoms with van der Waals surface area (Å²) < 4.78 is 5.46. The van der Waals surface area contributed by atoms with Gasteiger partial charge in [-0.05, 0) is 13.0 Å². The lowest BCUT2D eigenvalue weighted by Crippen LogP contribution is -2.15. The Kier molecular flexibility index (Phi) is 3.28. The number of thiazole rings is 1. The first-order valence-corrected chi connectivity index (χ1v) is 6.16. The first kappa shape index (κ1) is 11.9. The highest BCUT2D eigenvalue weighted by atomic mass is 32.1. The molecule has 2 rings (SSSR count). The van der Waals surface area contributed by atoms with Gasteiger partial charge in [0, 0.05) is 24.9 Å². The molecule has 0 bridgehead atoms. The Balaban J connectivity index is 2.12. The lowest BCUT2D eigenvalue weighted by Gasteiger charge is -2.14. The predicted molar refractivity (Wildman–Crippen MR) is 67.7 cm³/mol. The molecule has 0 aliphatic heterocycles. The van der Waals surface area contributed by atoms with Gasteiger partial charge in [0.25, 0.3) is 0 Å². The minimum absolute atomic E-state index is 0.0568. The molecule has 0 radical (unpaired) electrons. The van der Waals surface area contributed by atoms with E-state index < -0.39 is 0 Å². The van der Waals surface area contributed by atoms with Gasteiger partial charge in [-0.2, -0.15) is 0 Å². The molecule has 0 fully saturated rings. The van der Waals surface area contributed by atoms with Gasteiger partial charge < -0.3 is 9.32 Å². The molecular weight excluding hydrogens is 236 g/mol. The number of furan rings is 1. The molecule has 90 valence electrons. The van der Waals surface area contributed by atoms with Crippen LogP contribution in [0.5, 0.6) is 0 Å². The van der Waals surface area contributed by atoms with Crippen LogP contribution in [0.2, 0.25) is 0 Å². The van der Waals surface area contributed by atoms with E-state index in [-0.39, 0.29) is 5.78 Å². The van der Waals surface area contributed by atoms with E-state index in [4.69, 9.17) is 4.42 Å². The molecule has 0 atom stereocenters. The highest BCUT2D eigenvalue weighted by molar-refractivity contribution is 7.09. The van der Waals surface area contributed by atoms with Crippen molar-refractivity contribution in [2.24, 2.45) is 0 Å². The molecule has 2 heterocycles. The number of hydrogen-bond acceptors (Lipinski definition) is 5. The molecule has 5 heteroatoms. The summed E-state index contributed by atoms with van der Waals surface area (Å²) in [7, 11) is 1.93. The number of carbonyl (C=O) groups is 1. The number of aryl methyl sites for hydroxylation is 1. The summed E-state index contributed by atoms with van der Waals surface area (Å²) in [6, 6.07) is 3.51. The van der Waals surface area contributed by atoms with Crippen molar-refractivity contribution in [1.82, 2.24) is 4.98 Å². The van der Waals surface area contributed by atoms with E-state index in [1.165, 1.54) is 11.8 Å². The average Bonchev–Trinajstić information content (AvgIpc) is 2.88. The monoisotopic (exact) mass is 250 g/mol. The van der Waals surface area contributed by atoms with Gasteiger partial charge in [-0.1, -0.05) is 0 Å². The number of anilines is 1. The molecule has 0 aromatic carbocycles. The summed E-state index contributed by atoms with van der Waals surface area (Å²) in [5, 5.41) is 0. The van der Waals surface area contributed by atoms with Gasteiger partial charge in [0.15, 0.2) is 17.4 Å². The smallest absolute Gasteiger partial charge is 0.196 e. The summed E-state index contributed by atoms with van der Waals surface area (Å²) in [5.41, 5.74) is 2.88. The van der Waals surface area contributed by atoms with Crippen LogP contribution in [-0.4, -0.2) is 17.8 Å². The van der Waals surface area contributed by atoms with Crippen molar-refractivity contribution in [2.75, 3.05) is 11.9 Å². The van der Waals surface area contributed by atoms with E-state index in [0.717, 1.165) is 12.2 Å². The van der Waals surface area contributed by atoms with Crippen LogP contribution >= 0.6 is 11.3 Å². The largest absolute Gasteiger partial charge is 0.437 e. The molecule has 17 heavy (non-hydrogen) atoms. The van der Waals surface area contributed by atoms with Crippen LogP contribution in [0.25, 0.3) is 0 Å². The van der Waals surface area contributed by atoms with E-state index in [1.807, 2.05) is 30.4 Å². The molecule has 0 aliphatic rings. The fraction of sp³-hybridized carbons (Fsp3) is 0.333. The summed E-state index contributed by atoms with van der Waals surface area (Å²) in [5.74, 6) is 1.04. The quantitative estimate of drug-likeness (QED) is 0.783. The van der Waals surface area contributed by atoms with Gasteiger partial charge in [0.1, 0.15) is 0 Å². The molecule has 0 N–H and O–H groups in total. The first-order chi connectivity index (χ1) is 8.08. The van der Waals surface area contributed by atoms with Crippen molar-refractivity contribution in [3.8, 4) is 0 Å². The maximum Gasteiger partial charge on any atom is 0.196 e. The van der Waals surface area contributed by atoms with E-state index >= 15 is 0 Å². The normalized spacial score (nSPS) is 10.5. The van der Waals surface area contributed by atoms with Crippen LogP contribution in [0, 0.1) is 6.92 Å². The van der Waals surface area contributed by atoms with Crippen LogP contribution in [0.1, 0.15) is 28.0 Å². The van der Waals surface area contributed by atoms with Gasteiger partial charge in [-0.15, -0.1) is 11.3 Å². The molecule has 2 aromatic heterocycles. The zero-order chi connectivity index (χ0) is 12.4. The maximum absolute atomic E-state index is 11.1. The minimum Gasteiger partial charge on any atom is -0.437 e. The zero-order valence-corrected chi connectivity index (χ0v) is 10.9. The van der Waals surface area contributed by atoms with Crippen molar-refractivity contribution in [1.29, 1.82) is 0 Å². The highest BCUT2D eigenvalue weighted by Gasteiger charge is 2.11. The third-order valence-corrected chi connectivity index (χ3v) is 3.46. The lowest BCUT2D eigenvalue weighted by molar-refractivity contribution is 0.0988. The van der Waals surface area contributed by atoms with E-state index in [2.05, 4.69) is 4.98 Å². The van der Waals surface area contributed by atoms with Crippen molar-refractivity contribution in [2.45, 2.75) is 20.4 Å². The predicted octanol–water partition coefficient (Wildman–Crippen LogP) is 2.88. The van der Waals surface area contributed by atoms with Crippen LogP contribution in [-0.2, 0) is 6.54 Å². The number of ketones is 1. The zero-order valence-electron chi connectivity index (χ0n) is 10.1. The average molecular weight is 250 g/mol. The van der Waals surface area contributed by atoms with Gasteiger partial charge >= 0.3 is 0 Å². The summed E-state index contributed by atoms with van der Waals surface area (Å²) in [6.07, 6.45) is 0. The lowest BCUT2D eigenvalue weighted by atomic mass is 10.3. The fourth-order valence-corrected chi connectivity index (χ4v) is 2.32. The van der Waals surface area contributed by atoms with Gasteiger partial charge in [-0.25, -0.2) is 4.98 Å². The van der Waals surface area contributed by atoms with Crippen molar-refractivity contribution in [3.63, 3.8) is 0 Å². The molecule has 0 aliphatic carbocycles. The van der Waals surface area contributed by atoms with Crippen molar-refractivity contribution >= 4 is 23.0 Å². The van der Waals surface area contributed by atoms with Crippen LogP contribution in [0.4, 0.5) is 5.88 Å². The number of aromatic nitrogens is 1. The number of hydrogen-bond donors (Lipinski definition) is 0. The molecule has 4 nitrogen and oxygen atoms in total. The van der Waals surface area contributed by atoms with Crippen LogP contribution < -0.4 is 4.90 Å². The fourth-order valence-electron chi connectivity index (χ4n) is 1.49. The Bertz CT molecular complexity index is 530. The molecule has 0 saturated carbocycles. The molecule has 0 saturated heterocycles. The number of carbonyl (C=O) groups excluding carboxylic acids is 1. The van der Waals surface area contributed by atoms with Gasteiger partial charge in [0.05, 0.1) is 17.7 Å². The second kappa shape index (κ2) is 4.71. The van der Waals surface area contributed by atoms with Gasteiger partial charge in [-0.3, -0.25) is 4.79 Å². The third kappa shape index (κ3) is 2.55. The second-order valence-electron chi connectivity index (χ2n) is 3.91. The number of Topliss-reactive ketones (excluding diaryl/α,β-unsaturated/α-hetero) is 1. The molecular formula is C12H14N2O2S. The standard InChI is InChI=1S/C12H14N2O2S/c1-8-11(17-7-13-8)6-14(3)12-5-4-10(16-12)9(2)15/h4-5,7H,6H2,1-3H3. The Morgan fingerprint density at radius 3 is 2.82 bits per heavy atom. The van der Waals surface area contributed by atoms with Gasteiger partial charge in [0.2, 0.25) is 0 Å². The van der Waals surface area contributed by atoms with Crippen LogP contribution in [0.15, 0.2) is 22.1 Å². The van der Waals surface area contributed by atoms with E-state index in [0.29, 0.717) is 11.6 Å². The van der Waals surface area contributed by atoms with Crippen molar-refractivity contribution in [3.05, 3.63) is 34.0 Å². The number of nitrogens with zero attached hydrogens (tertiary/aromatic N) is 2. The SMILES string of the molecule is CC(=O)c1ccc(N(C)Cc2scnc2C)o1. The van der Waals surface area contributed by atoms with Crippen molar-refractivity contribution < 1.29 is 9.21 Å². The first-order valence-electron chi connectivity index (χ1n) is 5.29. The molecule has 0 amide bonds. The highest BCUT2D eigenvalue weighted by Crippen LogP contribution is 2.22. The van der Waals surface area contributed by atoms with Crippen LogP contribution in [0.3, 0.4) is 0 Å². The second-order valence-corrected chi connectivity index (χ2v) is 4.85. The number of rotatable bonds is 4. The Morgan fingerprint density at radius 2 is 2.29 bits per heavy atom. The topological polar surface area (TPSA) is 46.3 Å².